The topological polar surface area (TPSA) is 120 Å². The quantitative estimate of drug-likeness (QED) is 0.0546. The van der Waals surface area contributed by atoms with Crippen LogP contribution in [-0.4, -0.2) is 119 Å². The monoisotopic (exact) mass is 1190 g/mol. The highest BCUT2D eigenvalue weighted by atomic mass is 28.5. The first-order valence-corrected chi connectivity index (χ1v) is 58.2. The normalized spacial score (nSPS) is 22.9. The molecule has 0 saturated carbocycles. The molecule has 0 rings (SSSR count). The zero-order valence-corrected chi connectivity index (χ0v) is 59.7. The molecule has 0 aliphatic carbocycles. The molecule has 0 aromatic rings. The third kappa shape index (κ3) is 22.4. The summed E-state index contributed by atoms with van der Waals surface area (Å²) >= 11 is 0. The molecule has 12 unspecified atom stereocenters. The van der Waals surface area contributed by atoms with Crippen LogP contribution in [0.2, 0.25) is 118 Å². The highest BCUT2D eigenvalue weighted by molar-refractivity contribution is 7.00. The van der Waals surface area contributed by atoms with E-state index < -0.39 is 119 Å². The maximum absolute atomic E-state index is 6.98. The van der Waals surface area contributed by atoms with Crippen LogP contribution >= 0.6 is 0 Å². The summed E-state index contributed by atoms with van der Waals surface area (Å²) in [6, 6.07) is 0. The predicted octanol–water partition coefficient (Wildman–Crippen LogP) is 12.4. The van der Waals surface area contributed by atoms with Crippen LogP contribution in [0.4, 0.5) is 0 Å². The molecule has 27 heteroatoms. The van der Waals surface area contributed by atoms with E-state index in [1.165, 1.54) is 0 Å². The van der Waals surface area contributed by atoms with Crippen molar-refractivity contribution >= 4 is 119 Å². The molecule has 0 aromatic carbocycles. The summed E-state index contributed by atoms with van der Waals surface area (Å²) in [6.07, 6.45) is 0. The Morgan fingerprint density at radius 3 is 0.290 bits per heavy atom. The van der Waals surface area contributed by atoms with Gasteiger partial charge in [-0.3, -0.25) is 0 Å². The first-order chi connectivity index (χ1) is 30.9. The second kappa shape index (κ2) is 25.3. The molecule has 0 bridgehead atoms. The molecule has 0 saturated heterocycles. The minimum atomic E-state index is -3.42. The zero-order valence-electron chi connectivity index (χ0n) is 45.7. The van der Waals surface area contributed by atoms with Crippen LogP contribution in [0.5, 0.6) is 0 Å². The zero-order chi connectivity index (χ0) is 54.7. The summed E-state index contributed by atoms with van der Waals surface area (Å²) in [7, 11) is -43.0. The summed E-state index contributed by atoms with van der Waals surface area (Å²) in [5.41, 5.74) is 20.5. The lowest BCUT2D eigenvalue weighted by molar-refractivity contribution is 0.263. The molecule has 0 N–H and O–H groups in total. The van der Waals surface area contributed by atoms with E-state index in [1.54, 1.807) is 68.4 Å². The van der Waals surface area contributed by atoms with Gasteiger partial charge >= 0.3 is 103 Å². The maximum atomic E-state index is 6.98. The fourth-order valence-electron chi connectivity index (χ4n) is 6.89. The van der Waals surface area contributed by atoms with Gasteiger partial charge in [-0.25, -0.2) is 0 Å². The van der Waals surface area contributed by atoms with E-state index in [4.69, 9.17) is 53.5 Å². The maximum Gasteiger partial charge on any atom is 0.344 e. The third-order valence-electron chi connectivity index (χ3n) is 9.93. The number of rotatable bonds is 38. The Morgan fingerprint density at radius 1 is 0.159 bits per heavy atom. The molecular formula is C42H90O13Si14. The summed E-state index contributed by atoms with van der Waals surface area (Å²) in [5, 5.41) is 0. The van der Waals surface area contributed by atoms with Crippen LogP contribution in [0, 0.1) is 0 Å². The van der Waals surface area contributed by atoms with Gasteiger partial charge < -0.3 is 53.5 Å². The van der Waals surface area contributed by atoms with Crippen LogP contribution in [-0.2, 0) is 53.5 Å². The van der Waals surface area contributed by atoms with Gasteiger partial charge in [0.2, 0.25) is 0 Å². The van der Waals surface area contributed by atoms with E-state index in [9.17, 15) is 0 Å². The van der Waals surface area contributed by atoms with Crippen molar-refractivity contribution in [1.82, 2.24) is 0 Å². The van der Waals surface area contributed by atoms with E-state index in [-0.39, 0.29) is 0 Å². The molecule has 0 fully saturated rings. The van der Waals surface area contributed by atoms with Crippen LogP contribution in [0.15, 0.2) is 147 Å². The van der Waals surface area contributed by atoms with E-state index in [1.807, 2.05) is 78.6 Å². The Labute approximate surface area is 434 Å². The fraction of sp³-hybridized carbons (Fsp3) is 0.429. The van der Waals surface area contributed by atoms with Crippen molar-refractivity contribution in [2.75, 3.05) is 0 Å². The van der Waals surface area contributed by atoms with E-state index in [0.717, 1.165) is 0 Å². The second-order valence-corrected chi connectivity index (χ2v) is 68.5. The molecule has 0 aliphatic rings. The molecule has 0 aliphatic heterocycles. The summed E-state index contributed by atoms with van der Waals surface area (Å²) in [6.45, 7) is 84.9. The minimum Gasteiger partial charge on any atom is -0.434 e. The third-order valence-corrected chi connectivity index (χ3v) is 62.6. The van der Waals surface area contributed by atoms with Gasteiger partial charge in [-0.1, -0.05) is 68.4 Å². The standard InChI is InChI=1S/C42H90O13Si14/c1-31-58(19,43-56(13,14)15)45-60(21,33-3)47-62(23,35-5)49-64(25,37-7)51-66(27,39-9)53-68(29,41-11)55-69(30,42-12)54-67(28,40-10)52-65(26,38-8)50-63(24,36-6)48-61(22,34-4)46-59(20,32-2)44-57(16,17)18/h31-42H,1-12H2,13-30H3. The number of hydrogen-bond donors (Lipinski definition) is 0. The van der Waals surface area contributed by atoms with Crippen molar-refractivity contribution in [2.45, 2.75) is 118 Å². The molecular weight excluding hydrogens is 1110 g/mol. The average Bonchev–Trinajstić information content (AvgIpc) is 3.21. The van der Waals surface area contributed by atoms with Crippen molar-refractivity contribution in [3.8, 4) is 0 Å². The Bertz CT molecular complexity index is 1800. The lowest BCUT2D eigenvalue weighted by Crippen LogP contribution is -2.64. The van der Waals surface area contributed by atoms with Gasteiger partial charge in [-0.05, 0) is 118 Å². The van der Waals surface area contributed by atoms with Gasteiger partial charge in [0.1, 0.15) is 0 Å². The highest BCUT2D eigenvalue weighted by Gasteiger charge is 2.56. The van der Waals surface area contributed by atoms with E-state index >= 15 is 0 Å². The van der Waals surface area contributed by atoms with Crippen LogP contribution in [0.3, 0.4) is 0 Å². The molecule has 0 radical (unpaired) electrons. The summed E-state index contributed by atoms with van der Waals surface area (Å²) in [5.74, 6) is 0. The van der Waals surface area contributed by atoms with E-state index in [0.29, 0.717) is 0 Å². The van der Waals surface area contributed by atoms with Gasteiger partial charge in [0.05, 0.1) is 0 Å². The number of hydrogen-bond acceptors (Lipinski definition) is 13. The average molecular weight is 1200 g/mol. The largest absolute Gasteiger partial charge is 0.434 e. The van der Waals surface area contributed by atoms with Crippen LogP contribution in [0.1, 0.15) is 0 Å². The van der Waals surface area contributed by atoms with Gasteiger partial charge in [-0.15, -0.1) is 78.9 Å². The molecule has 392 valence electrons. The van der Waals surface area contributed by atoms with Crippen molar-refractivity contribution in [3.63, 3.8) is 0 Å². The first kappa shape index (κ1) is 68.4. The summed E-state index contributed by atoms with van der Waals surface area (Å²) < 4.78 is 88.9. The second-order valence-electron chi connectivity index (χ2n) is 20.2. The van der Waals surface area contributed by atoms with Gasteiger partial charge in [0.25, 0.3) is 0 Å². The van der Waals surface area contributed by atoms with Crippen molar-refractivity contribution in [3.05, 3.63) is 147 Å². The molecule has 13 nitrogen and oxygen atoms in total. The Hall–Kier alpha value is -0.604. The summed E-state index contributed by atoms with van der Waals surface area (Å²) in [4.78, 5) is 0. The molecule has 0 aromatic heterocycles. The smallest absolute Gasteiger partial charge is 0.344 e. The highest BCUT2D eigenvalue weighted by Crippen LogP contribution is 2.35. The first-order valence-electron chi connectivity index (χ1n) is 22.7. The van der Waals surface area contributed by atoms with E-state index in [2.05, 4.69) is 118 Å². The Kier molecular flexibility index (Phi) is 25.1. The Balaban J connectivity index is 6.80. The minimum absolute atomic E-state index is 1.68. The molecule has 0 spiro atoms. The predicted molar refractivity (Wildman–Crippen MR) is 323 cm³/mol. The van der Waals surface area contributed by atoms with Gasteiger partial charge in [0.15, 0.2) is 16.6 Å². The lowest BCUT2D eigenvalue weighted by Gasteiger charge is -2.45. The van der Waals surface area contributed by atoms with Gasteiger partial charge in [-0.2, -0.15) is 0 Å². The molecule has 0 amide bonds. The van der Waals surface area contributed by atoms with Crippen molar-refractivity contribution < 1.29 is 53.5 Å². The van der Waals surface area contributed by atoms with Crippen LogP contribution < -0.4 is 0 Å². The lowest BCUT2D eigenvalue weighted by atomic mass is 11.3. The fourth-order valence-corrected chi connectivity index (χ4v) is 66.5. The van der Waals surface area contributed by atoms with Crippen molar-refractivity contribution in [1.29, 1.82) is 0 Å². The SMILES string of the molecule is C=C[Si](C)(O[Si](C)(C)C)O[Si](C)(C=C)O[Si](C)(C=C)O[Si](C)(C=C)O[Si](C)(C=C)O[Si](C)(C=C)O[Si](C)(C=C)O[Si](C)(C=C)O[Si](C)(C=C)O[Si](C)(C=C)O[Si](C)(C=C)O[Si](C)(C=C)O[Si](C)(C)C. The molecule has 12 atom stereocenters. The molecule has 69 heavy (non-hydrogen) atoms. The Morgan fingerprint density at radius 2 is 0.232 bits per heavy atom. The van der Waals surface area contributed by atoms with Crippen molar-refractivity contribution in [2.24, 2.45) is 0 Å². The van der Waals surface area contributed by atoms with Gasteiger partial charge in [0, 0.05) is 0 Å². The van der Waals surface area contributed by atoms with Crippen LogP contribution in [0.25, 0.3) is 0 Å². The molecule has 0 heterocycles.